The summed E-state index contributed by atoms with van der Waals surface area (Å²) in [6, 6.07) is 29.5. The van der Waals surface area contributed by atoms with Crippen LogP contribution in [0.1, 0.15) is 34.6 Å². The zero-order chi connectivity index (χ0) is 23.9. The maximum Gasteiger partial charge on any atom is 0.115 e. The predicted octanol–water partition coefficient (Wildman–Crippen LogP) is 6.33. The molecule has 34 heavy (non-hydrogen) atoms. The van der Waals surface area contributed by atoms with Gasteiger partial charge >= 0.3 is 0 Å². The first-order chi connectivity index (χ1) is 16.5. The Kier molecular flexibility index (Phi) is 7.38. The fourth-order valence-electron chi connectivity index (χ4n) is 4.64. The molecule has 4 aromatic carbocycles. The van der Waals surface area contributed by atoms with Crippen LogP contribution in [0, 0.1) is 5.92 Å². The van der Waals surface area contributed by atoms with Crippen LogP contribution in [-0.4, -0.2) is 20.4 Å². The maximum absolute atomic E-state index is 10.2. The first-order valence-corrected chi connectivity index (χ1v) is 11.6. The molecule has 0 aliphatic heterocycles. The minimum atomic E-state index is 0.114. The zero-order valence-corrected chi connectivity index (χ0v) is 19.0. The summed E-state index contributed by atoms with van der Waals surface area (Å²) in [7, 11) is 0. The number of hydrogen-bond acceptors (Lipinski definition) is 4. The molecule has 0 amide bonds. The third kappa shape index (κ3) is 6.32. The summed E-state index contributed by atoms with van der Waals surface area (Å²) >= 11 is 0. The second kappa shape index (κ2) is 10.8. The third-order valence-corrected chi connectivity index (χ3v) is 6.41. The lowest BCUT2D eigenvalue weighted by Gasteiger charge is -2.29. The van der Waals surface area contributed by atoms with E-state index in [1.54, 1.807) is 42.5 Å². The molecule has 0 saturated carbocycles. The summed E-state index contributed by atoms with van der Waals surface area (Å²) in [4.78, 5) is 0. The van der Waals surface area contributed by atoms with Gasteiger partial charge < -0.3 is 20.4 Å². The summed E-state index contributed by atoms with van der Waals surface area (Å²) in [5.41, 5.74) is 4.39. The number of phenolic OH excluding ortho intramolecular Hbond substituents is 4. The molecule has 0 radical (unpaired) electrons. The number of rotatable bonds is 9. The molecule has 0 saturated heterocycles. The molecule has 0 fully saturated rings. The lowest BCUT2D eigenvalue weighted by molar-refractivity contribution is 0.386. The van der Waals surface area contributed by atoms with Crippen LogP contribution in [0.5, 0.6) is 23.0 Å². The smallest absolute Gasteiger partial charge is 0.115 e. The first-order valence-electron chi connectivity index (χ1n) is 11.6. The van der Waals surface area contributed by atoms with Gasteiger partial charge in [-0.15, -0.1) is 0 Å². The van der Waals surface area contributed by atoms with E-state index >= 15 is 0 Å². The second-order valence-electron chi connectivity index (χ2n) is 8.91. The van der Waals surface area contributed by atoms with Crippen LogP contribution in [-0.2, 0) is 19.3 Å². The van der Waals surface area contributed by atoms with Crippen molar-refractivity contribution in [2.24, 2.45) is 5.92 Å². The number of phenols is 4. The highest BCUT2D eigenvalue weighted by molar-refractivity contribution is 5.34. The highest BCUT2D eigenvalue weighted by atomic mass is 16.3. The molecule has 4 nitrogen and oxygen atoms in total. The van der Waals surface area contributed by atoms with Crippen molar-refractivity contribution in [2.75, 3.05) is 0 Å². The second-order valence-corrected chi connectivity index (χ2v) is 8.91. The molecule has 0 bridgehead atoms. The molecule has 2 atom stereocenters. The third-order valence-electron chi connectivity index (χ3n) is 6.41. The Labute approximate surface area is 200 Å². The van der Waals surface area contributed by atoms with E-state index in [0.717, 1.165) is 47.9 Å². The highest BCUT2D eigenvalue weighted by Crippen LogP contribution is 2.36. The fourth-order valence-corrected chi connectivity index (χ4v) is 4.64. The van der Waals surface area contributed by atoms with E-state index in [9.17, 15) is 20.4 Å². The van der Waals surface area contributed by atoms with Crippen LogP contribution in [0.25, 0.3) is 0 Å². The van der Waals surface area contributed by atoms with Gasteiger partial charge in [-0.25, -0.2) is 0 Å². The van der Waals surface area contributed by atoms with Gasteiger partial charge in [0.15, 0.2) is 0 Å². The largest absolute Gasteiger partial charge is 0.508 e. The summed E-state index contributed by atoms with van der Waals surface area (Å²) < 4.78 is 0. The molecule has 4 rings (SSSR count). The molecule has 0 heterocycles. The zero-order valence-electron chi connectivity index (χ0n) is 19.0. The average Bonchev–Trinajstić information content (AvgIpc) is 2.83. The van der Waals surface area contributed by atoms with Crippen molar-refractivity contribution < 1.29 is 20.4 Å². The number of aromatic hydroxyl groups is 4. The van der Waals surface area contributed by atoms with Gasteiger partial charge in [-0.1, -0.05) is 48.5 Å². The normalized spacial score (nSPS) is 12.8. The minimum absolute atomic E-state index is 0.114. The van der Waals surface area contributed by atoms with Crippen molar-refractivity contribution in [3.05, 3.63) is 119 Å². The van der Waals surface area contributed by atoms with Gasteiger partial charge in [0.1, 0.15) is 23.0 Å². The monoisotopic (exact) mass is 454 g/mol. The molecule has 4 heteroatoms. The Hall–Kier alpha value is -3.92. The van der Waals surface area contributed by atoms with Crippen molar-refractivity contribution in [3.8, 4) is 23.0 Å². The van der Waals surface area contributed by atoms with E-state index in [0.29, 0.717) is 0 Å². The van der Waals surface area contributed by atoms with Crippen molar-refractivity contribution in [3.63, 3.8) is 0 Å². The molecule has 0 aromatic heterocycles. The molecular weight excluding hydrogens is 424 g/mol. The van der Waals surface area contributed by atoms with E-state index in [-0.39, 0.29) is 34.8 Å². The molecule has 4 N–H and O–H groups in total. The topological polar surface area (TPSA) is 80.9 Å². The molecule has 0 spiro atoms. The van der Waals surface area contributed by atoms with E-state index in [2.05, 4.69) is 6.07 Å². The quantitative estimate of drug-likeness (QED) is 0.238. The number of aryl methyl sites for hydroxylation is 1. The molecule has 4 aromatic rings. The van der Waals surface area contributed by atoms with Crippen LogP contribution in [0.3, 0.4) is 0 Å². The molecule has 0 unspecified atom stereocenters. The lowest BCUT2D eigenvalue weighted by atomic mass is 9.76. The van der Waals surface area contributed by atoms with Crippen molar-refractivity contribution in [1.29, 1.82) is 0 Å². The van der Waals surface area contributed by atoms with Crippen LogP contribution in [0.4, 0.5) is 0 Å². The van der Waals surface area contributed by atoms with Crippen LogP contribution < -0.4 is 0 Å². The molecular formula is C30H30O4. The van der Waals surface area contributed by atoms with Gasteiger partial charge in [0.2, 0.25) is 0 Å². The van der Waals surface area contributed by atoms with Gasteiger partial charge in [-0.3, -0.25) is 0 Å². The molecule has 174 valence electrons. The summed E-state index contributed by atoms with van der Waals surface area (Å²) in [5.74, 6) is 1.33. The van der Waals surface area contributed by atoms with Crippen LogP contribution >= 0.6 is 0 Å². The SMILES string of the molecule is Oc1ccc(C[C@H](CCc2cccc(O)c2)[C@H](Cc2ccc(O)cc2)c2cccc(O)c2)cc1. The Morgan fingerprint density at radius 1 is 0.500 bits per heavy atom. The Morgan fingerprint density at radius 2 is 1.06 bits per heavy atom. The number of benzene rings is 4. The standard InChI is InChI=1S/C30H30O4/c31-26-13-8-22(9-14-26)17-25(12-7-21-3-1-5-28(33)18-21)30(24-4-2-6-29(34)20-24)19-23-10-15-27(32)16-11-23/h1-6,8-11,13-16,18,20,25,30-34H,7,12,17,19H2/t25-,30+/m0/s1. The van der Waals surface area contributed by atoms with E-state index in [1.807, 2.05) is 48.5 Å². The van der Waals surface area contributed by atoms with Gasteiger partial charge in [0, 0.05) is 0 Å². The molecule has 0 aliphatic rings. The van der Waals surface area contributed by atoms with Gasteiger partial charge in [0.25, 0.3) is 0 Å². The van der Waals surface area contributed by atoms with Crippen LogP contribution in [0.2, 0.25) is 0 Å². The Bertz CT molecular complexity index is 1200. The van der Waals surface area contributed by atoms with E-state index in [1.165, 1.54) is 0 Å². The Balaban J connectivity index is 1.68. The first kappa shape index (κ1) is 23.2. The van der Waals surface area contributed by atoms with Crippen molar-refractivity contribution in [2.45, 2.75) is 31.6 Å². The summed E-state index contributed by atoms with van der Waals surface area (Å²) in [6.07, 6.45) is 3.24. The van der Waals surface area contributed by atoms with Crippen molar-refractivity contribution >= 4 is 0 Å². The fraction of sp³-hybridized carbons (Fsp3) is 0.200. The van der Waals surface area contributed by atoms with Crippen LogP contribution in [0.15, 0.2) is 97.1 Å². The maximum atomic E-state index is 10.2. The minimum Gasteiger partial charge on any atom is -0.508 e. The van der Waals surface area contributed by atoms with Gasteiger partial charge in [-0.05, 0) is 108 Å². The lowest BCUT2D eigenvalue weighted by Crippen LogP contribution is -2.19. The van der Waals surface area contributed by atoms with Gasteiger partial charge in [0.05, 0.1) is 0 Å². The van der Waals surface area contributed by atoms with E-state index < -0.39 is 0 Å². The summed E-state index contributed by atoms with van der Waals surface area (Å²) in [6.45, 7) is 0. The summed E-state index contributed by atoms with van der Waals surface area (Å²) in [5, 5.41) is 39.6. The number of hydrogen-bond donors (Lipinski definition) is 4. The van der Waals surface area contributed by atoms with E-state index in [4.69, 9.17) is 0 Å². The van der Waals surface area contributed by atoms with Gasteiger partial charge in [-0.2, -0.15) is 0 Å². The van der Waals surface area contributed by atoms with Crippen molar-refractivity contribution in [1.82, 2.24) is 0 Å². The molecule has 0 aliphatic carbocycles. The average molecular weight is 455 g/mol. The highest BCUT2D eigenvalue weighted by Gasteiger charge is 2.25. The predicted molar refractivity (Wildman–Crippen MR) is 134 cm³/mol. The Morgan fingerprint density at radius 3 is 1.65 bits per heavy atom.